The monoisotopic (exact) mass is 236 g/mol. The van der Waals surface area contributed by atoms with E-state index in [1.807, 2.05) is 6.07 Å². The fourth-order valence-electron chi connectivity index (χ4n) is 2.61. The molecule has 3 heteroatoms. The minimum Gasteiger partial charge on any atom is -0.371 e. The first-order valence-corrected chi connectivity index (χ1v) is 6.48. The minimum absolute atomic E-state index is 0.143. The molecular formula is C14H21FN2. The summed E-state index contributed by atoms with van der Waals surface area (Å²) in [6.07, 6.45) is 3.34. The van der Waals surface area contributed by atoms with Crippen LogP contribution in [0.25, 0.3) is 0 Å². The van der Waals surface area contributed by atoms with E-state index >= 15 is 0 Å². The lowest BCUT2D eigenvalue weighted by atomic mass is 10.0. The van der Waals surface area contributed by atoms with Crippen molar-refractivity contribution in [2.45, 2.75) is 26.2 Å². The number of hydrogen-bond acceptors (Lipinski definition) is 2. The van der Waals surface area contributed by atoms with Crippen LogP contribution >= 0.6 is 0 Å². The molecule has 0 aromatic heterocycles. The van der Waals surface area contributed by atoms with E-state index in [4.69, 9.17) is 5.73 Å². The number of benzene rings is 1. The predicted octanol–water partition coefficient (Wildman–Crippen LogP) is 2.56. The molecule has 0 saturated heterocycles. The van der Waals surface area contributed by atoms with Crippen molar-refractivity contribution >= 4 is 5.69 Å². The molecule has 2 rings (SSSR count). The van der Waals surface area contributed by atoms with Crippen LogP contribution in [0.15, 0.2) is 18.2 Å². The SMILES string of the molecule is CCCC(CN)CN1CCc2ccc(F)cc21. The smallest absolute Gasteiger partial charge is 0.125 e. The third-order valence-electron chi connectivity index (χ3n) is 3.55. The molecule has 94 valence electrons. The Bertz CT molecular complexity index is 378. The van der Waals surface area contributed by atoms with Gasteiger partial charge in [-0.3, -0.25) is 0 Å². The molecule has 1 unspecified atom stereocenters. The molecule has 0 spiro atoms. The molecule has 17 heavy (non-hydrogen) atoms. The zero-order chi connectivity index (χ0) is 12.3. The number of halogens is 1. The third kappa shape index (κ3) is 2.78. The van der Waals surface area contributed by atoms with Crippen LogP contribution in [0.4, 0.5) is 10.1 Å². The van der Waals surface area contributed by atoms with Crippen molar-refractivity contribution in [3.8, 4) is 0 Å². The maximum atomic E-state index is 13.3. The lowest BCUT2D eigenvalue weighted by molar-refractivity contribution is 0.485. The maximum absolute atomic E-state index is 13.3. The van der Waals surface area contributed by atoms with Crippen LogP contribution in [-0.2, 0) is 6.42 Å². The molecular weight excluding hydrogens is 215 g/mol. The van der Waals surface area contributed by atoms with E-state index in [0.29, 0.717) is 5.92 Å². The van der Waals surface area contributed by atoms with Gasteiger partial charge < -0.3 is 10.6 Å². The summed E-state index contributed by atoms with van der Waals surface area (Å²) in [6.45, 7) is 4.86. The van der Waals surface area contributed by atoms with Crippen molar-refractivity contribution in [3.05, 3.63) is 29.6 Å². The maximum Gasteiger partial charge on any atom is 0.125 e. The average molecular weight is 236 g/mol. The van der Waals surface area contributed by atoms with Gasteiger partial charge in [0.15, 0.2) is 0 Å². The highest BCUT2D eigenvalue weighted by atomic mass is 19.1. The van der Waals surface area contributed by atoms with E-state index in [1.165, 1.54) is 5.56 Å². The van der Waals surface area contributed by atoms with E-state index in [0.717, 1.165) is 44.6 Å². The molecule has 0 aliphatic carbocycles. The van der Waals surface area contributed by atoms with E-state index in [2.05, 4.69) is 11.8 Å². The van der Waals surface area contributed by atoms with Crippen molar-refractivity contribution in [1.29, 1.82) is 0 Å². The Morgan fingerprint density at radius 2 is 2.29 bits per heavy atom. The molecule has 1 aromatic rings. The van der Waals surface area contributed by atoms with Crippen LogP contribution < -0.4 is 10.6 Å². The van der Waals surface area contributed by atoms with Gasteiger partial charge in [0.05, 0.1) is 0 Å². The molecule has 1 aliphatic heterocycles. The van der Waals surface area contributed by atoms with Crippen molar-refractivity contribution in [1.82, 2.24) is 0 Å². The van der Waals surface area contributed by atoms with Crippen LogP contribution in [0, 0.1) is 11.7 Å². The zero-order valence-electron chi connectivity index (χ0n) is 10.5. The number of fused-ring (bicyclic) bond motifs is 1. The van der Waals surface area contributed by atoms with Gasteiger partial charge >= 0.3 is 0 Å². The Morgan fingerprint density at radius 3 is 3.00 bits per heavy atom. The number of nitrogens with zero attached hydrogens (tertiary/aromatic N) is 1. The molecule has 1 atom stereocenters. The summed E-state index contributed by atoms with van der Waals surface area (Å²) in [5.74, 6) is 0.379. The second kappa shape index (κ2) is 5.50. The Hall–Kier alpha value is -1.09. The summed E-state index contributed by atoms with van der Waals surface area (Å²) in [6, 6.07) is 5.11. The highest BCUT2D eigenvalue weighted by Gasteiger charge is 2.21. The van der Waals surface area contributed by atoms with Crippen LogP contribution in [0.3, 0.4) is 0 Å². The first kappa shape index (κ1) is 12.4. The van der Waals surface area contributed by atoms with Gasteiger partial charge in [0.25, 0.3) is 0 Å². The molecule has 0 bridgehead atoms. The van der Waals surface area contributed by atoms with Gasteiger partial charge in [0.1, 0.15) is 5.82 Å². The van der Waals surface area contributed by atoms with Gasteiger partial charge in [-0.1, -0.05) is 19.4 Å². The van der Waals surface area contributed by atoms with Crippen LogP contribution in [0.2, 0.25) is 0 Å². The Kier molecular flexibility index (Phi) is 4.00. The molecule has 0 amide bonds. The van der Waals surface area contributed by atoms with E-state index in [1.54, 1.807) is 12.1 Å². The van der Waals surface area contributed by atoms with Gasteiger partial charge in [-0.15, -0.1) is 0 Å². The van der Waals surface area contributed by atoms with E-state index in [9.17, 15) is 4.39 Å². The van der Waals surface area contributed by atoms with Crippen molar-refractivity contribution < 1.29 is 4.39 Å². The van der Waals surface area contributed by atoms with E-state index < -0.39 is 0 Å². The first-order valence-electron chi connectivity index (χ1n) is 6.48. The summed E-state index contributed by atoms with van der Waals surface area (Å²) in [5.41, 5.74) is 8.12. The number of hydrogen-bond donors (Lipinski definition) is 1. The normalized spacial score (nSPS) is 16.1. The van der Waals surface area contributed by atoms with Crippen molar-refractivity contribution in [2.75, 3.05) is 24.5 Å². The molecule has 2 N–H and O–H groups in total. The second-order valence-corrected chi connectivity index (χ2v) is 4.86. The number of nitrogens with two attached hydrogens (primary N) is 1. The number of rotatable bonds is 5. The van der Waals surface area contributed by atoms with Crippen molar-refractivity contribution in [2.24, 2.45) is 11.7 Å². The standard InChI is InChI=1S/C14H21FN2/c1-2-3-11(9-16)10-17-7-6-12-4-5-13(15)8-14(12)17/h4-5,8,11H,2-3,6-7,9-10,16H2,1H3. The molecule has 1 aliphatic rings. The Labute approximate surface area is 103 Å². The zero-order valence-corrected chi connectivity index (χ0v) is 10.5. The van der Waals surface area contributed by atoms with Gasteiger partial charge in [-0.05, 0) is 43.0 Å². The van der Waals surface area contributed by atoms with Gasteiger partial charge in [0.2, 0.25) is 0 Å². The third-order valence-corrected chi connectivity index (χ3v) is 3.55. The Balaban J connectivity index is 2.08. The van der Waals surface area contributed by atoms with Crippen LogP contribution in [0.1, 0.15) is 25.3 Å². The summed E-state index contributed by atoms with van der Waals surface area (Å²) < 4.78 is 13.3. The minimum atomic E-state index is -0.143. The average Bonchev–Trinajstić information content (AvgIpc) is 2.71. The van der Waals surface area contributed by atoms with E-state index in [-0.39, 0.29) is 5.82 Å². The molecule has 0 saturated carbocycles. The summed E-state index contributed by atoms with van der Waals surface area (Å²) in [7, 11) is 0. The summed E-state index contributed by atoms with van der Waals surface area (Å²) in [4.78, 5) is 2.28. The van der Waals surface area contributed by atoms with Gasteiger partial charge in [-0.25, -0.2) is 4.39 Å². The van der Waals surface area contributed by atoms with Crippen LogP contribution in [0.5, 0.6) is 0 Å². The molecule has 0 radical (unpaired) electrons. The largest absolute Gasteiger partial charge is 0.371 e. The lowest BCUT2D eigenvalue weighted by Gasteiger charge is -2.25. The molecule has 2 nitrogen and oxygen atoms in total. The summed E-state index contributed by atoms with van der Waals surface area (Å²) in [5, 5.41) is 0. The Morgan fingerprint density at radius 1 is 1.47 bits per heavy atom. The predicted molar refractivity (Wildman–Crippen MR) is 69.8 cm³/mol. The topological polar surface area (TPSA) is 29.3 Å². The summed E-state index contributed by atoms with van der Waals surface area (Å²) >= 11 is 0. The van der Waals surface area contributed by atoms with Gasteiger partial charge in [0, 0.05) is 18.8 Å². The van der Waals surface area contributed by atoms with Crippen LogP contribution in [-0.4, -0.2) is 19.6 Å². The van der Waals surface area contributed by atoms with Crippen molar-refractivity contribution in [3.63, 3.8) is 0 Å². The second-order valence-electron chi connectivity index (χ2n) is 4.86. The fourth-order valence-corrected chi connectivity index (χ4v) is 2.61. The first-order chi connectivity index (χ1) is 8.24. The fraction of sp³-hybridized carbons (Fsp3) is 0.571. The molecule has 1 heterocycles. The van der Waals surface area contributed by atoms with Gasteiger partial charge in [-0.2, -0.15) is 0 Å². The molecule has 1 aromatic carbocycles. The lowest BCUT2D eigenvalue weighted by Crippen LogP contribution is -2.31. The highest BCUT2D eigenvalue weighted by molar-refractivity contribution is 5.58. The number of anilines is 1. The quantitative estimate of drug-likeness (QED) is 0.851. The highest BCUT2D eigenvalue weighted by Crippen LogP contribution is 2.29. The molecule has 0 fully saturated rings.